The third-order valence-corrected chi connectivity index (χ3v) is 6.57. The van der Waals surface area contributed by atoms with Crippen molar-refractivity contribution < 1.29 is 21.6 Å². The molecular formula is C20H13ClF3N5O2S. The average Bonchev–Trinajstić information content (AvgIpc) is 2.99. The molecule has 0 saturated heterocycles. The lowest BCUT2D eigenvalue weighted by molar-refractivity contribution is -0.147. The number of fused-ring (bicyclic) bond motifs is 1. The van der Waals surface area contributed by atoms with E-state index in [4.69, 9.17) is 11.6 Å². The van der Waals surface area contributed by atoms with Crippen molar-refractivity contribution in [2.75, 3.05) is 0 Å². The Labute approximate surface area is 185 Å². The summed E-state index contributed by atoms with van der Waals surface area (Å²) < 4.78 is 66.2. The van der Waals surface area contributed by atoms with Crippen molar-refractivity contribution in [3.05, 3.63) is 59.5 Å². The van der Waals surface area contributed by atoms with Gasteiger partial charge in [-0.15, -0.1) is 0 Å². The number of halogens is 4. The number of hydrogen-bond donors (Lipinski definition) is 1. The van der Waals surface area contributed by atoms with E-state index in [-0.39, 0.29) is 16.4 Å². The molecule has 1 aliphatic rings. The van der Waals surface area contributed by atoms with Crippen LogP contribution in [0.15, 0.2) is 53.7 Å². The van der Waals surface area contributed by atoms with Gasteiger partial charge in [0.25, 0.3) is 0 Å². The molecule has 0 radical (unpaired) electrons. The van der Waals surface area contributed by atoms with Crippen molar-refractivity contribution in [2.24, 2.45) is 0 Å². The minimum atomic E-state index is -4.73. The fourth-order valence-corrected chi connectivity index (χ4v) is 4.49. The van der Waals surface area contributed by atoms with Gasteiger partial charge in [0.15, 0.2) is 0 Å². The fourth-order valence-electron chi connectivity index (χ4n) is 3.16. The molecule has 12 heteroatoms. The maximum absolute atomic E-state index is 12.8. The SMILES string of the molecule is CC(NS(=O)(=O)c1ccc(-c2c(C#N)c3cc(Cl)ncc3n2C2=CC=C2)nc1)C(F)(F)F. The Bertz CT molecular complexity index is 1440. The molecule has 0 bridgehead atoms. The molecule has 0 fully saturated rings. The number of allylic oxidation sites excluding steroid dienone is 4. The molecule has 0 spiro atoms. The Balaban J connectivity index is 1.82. The average molecular weight is 480 g/mol. The monoisotopic (exact) mass is 479 g/mol. The molecule has 0 aromatic carbocycles. The van der Waals surface area contributed by atoms with E-state index in [0.717, 1.165) is 18.0 Å². The van der Waals surface area contributed by atoms with E-state index in [1.54, 1.807) is 33.6 Å². The zero-order chi connectivity index (χ0) is 23.3. The summed E-state index contributed by atoms with van der Waals surface area (Å²) in [4.78, 5) is 7.77. The van der Waals surface area contributed by atoms with Crippen LogP contribution in [0.3, 0.4) is 0 Å². The zero-order valence-electron chi connectivity index (χ0n) is 16.2. The standard InChI is InChI=1S/C20H13ClF3N5O2S/c1-11(20(22,23)24)28-32(30,31)13-5-6-16(26-9-13)19-15(8-25)14-7-18(21)27-10-17(14)29(19)12-3-2-4-12/h2-7,9-11,28H,1H3. The van der Waals surface area contributed by atoms with E-state index in [9.17, 15) is 26.9 Å². The third kappa shape index (κ3) is 3.77. The van der Waals surface area contributed by atoms with Gasteiger partial charge in [0.05, 0.1) is 28.7 Å². The summed E-state index contributed by atoms with van der Waals surface area (Å²) >= 11 is 6.00. The van der Waals surface area contributed by atoms with E-state index in [1.807, 2.05) is 0 Å². The van der Waals surface area contributed by atoms with Gasteiger partial charge in [-0.1, -0.05) is 17.7 Å². The van der Waals surface area contributed by atoms with E-state index >= 15 is 0 Å². The van der Waals surface area contributed by atoms with E-state index in [2.05, 4.69) is 16.0 Å². The lowest BCUT2D eigenvalue weighted by atomic mass is 10.1. The number of nitriles is 1. The molecule has 0 saturated carbocycles. The smallest absolute Gasteiger partial charge is 0.305 e. The Hall–Kier alpha value is -3.20. The normalized spacial score (nSPS) is 14.7. The van der Waals surface area contributed by atoms with Gasteiger partial charge in [-0.25, -0.2) is 13.4 Å². The van der Waals surface area contributed by atoms with Crippen LogP contribution in [0.5, 0.6) is 0 Å². The molecule has 164 valence electrons. The van der Waals surface area contributed by atoms with Gasteiger partial charge in [0, 0.05) is 17.3 Å². The number of pyridine rings is 2. The first-order valence-corrected chi connectivity index (χ1v) is 10.9. The van der Waals surface area contributed by atoms with Crippen LogP contribution >= 0.6 is 11.6 Å². The maximum atomic E-state index is 12.8. The van der Waals surface area contributed by atoms with Crippen LogP contribution in [-0.2, 0) is 10.0 Å². The molecule has 0 amide bonds. The molecule has 32 heavy (non-hydrogen) atoms. The molecule has 0 aliphatic heterocycles. The minimum absolute atomic E-state index is 0.190. The van der Waals surface area contributed by atoms with Crippen molar-refractivity contribution in [3.8, 4) is 17.5 Å². The maximum Gasteiger partial charge on any atom is 0.404 e. The Morgan fingerprint density at radius 3 is 2.50 bits per heavy atom. The molecule has 3 heterocycles. The highest BCUT2D eigenvalue weighted by molar-refractivity contribution is 7.89. The summed E-state index contributed by atoms with van der Waals surface area (Å²) in [7, 11) is -4.46. The molecule has 3 aromatic rings. The lowest BCUT2D eigenvalue weighted by Gasteiger charge is -2.17. The lowest BCUT2D eigenvalue weighted by Crippen LogP contribution is -2.42. The van der Waals surface area contributed by atoms with Crippen LogP contribution in [-0.4, -0.2) is 35.2 Å². The van der Waals surface area contributed by atoms with E-state index in [1.165, 1.54) is 12.3 Å². The topological polar surface area (TPSA) is 101 Å². The van der Waals surface area contributed by atoms with Crippen molar-refractivity contribution in [2.45, 2.75) is 24.0 Å². The number of nitrogens with one attached hydrogen (secondary N) is 1. The van der Waals surface area contributed by atoms with Crippen LogP contribution in [0, 0.1) is 11.3 Å². The number of nitrogens with zero attached hydrogens (tertiary/aromatic N) is 4. The first-order chi connectivity index (χ1) is 15.0. The van der Waals surface area contributed by atoms with Crippen LogP contribution in [0.2, 0.25) is 5.15 Å². The predicted octanol–water partition coefficient (Wildman–Crippen LogP) is 4.26. The van der Waals surface area contributed by atoms with Crippen LogP contribution in [0.25, 0.3) is 28.0 Å². The van der Waals surface area contributed by atoms with Crippen molar-refractivity contribution in [1.82, 2.24) is 19.3 Å². The number of alkyl halides is 3. The summed E-state index contributed by atoms with van der Waals surface area (Å²) in [6.07, 6.45) is 3.13. The van der Waals surface area contributed by atoms with Gasteiger partial charge >= 0.3 is 6.18 Å². The van der Waals surface area contributed by atoms with Crippen molar-refractivity contribution in [3.63, 3.8) is 0 Å². The number of hydrogen-bond acceptors (Lipinski definition) is 5. The Kier molecular flexibility index (Phi) is 5.32. The summed E-state index contributed by atoms with van der Waals surface area (Å²) in [5.41, 5.74) is 2.21. The second-order valence-electron chi connectivity index (χ2n) is 6.91. The molecule has 1 N–H and O–H groups in total. The highest BCUT2D eigenvalue weighted by Crippen LogP contribution is 2.37. The van der Waals surface area contributed by atoms with Gasteiger partial charge < -0.3 is 4.57 Å². The summed E-state index contributed by atoms with van der Waals surface area (Å²) in [6.45, 7) is 0.704. The second-order valence-corrected chi connectivity index (χ2v) is 9.01. The van der Waals surface area contributed by atoms with Gasteiger partial charge in [0.1, 0.15) is 22.2 Å². The fraction of sp³-hybridized carbons (Fsp3) is 0.150. The molecule has 4 rings (SSSR count). The first kappa shape index (κ1) is 22.0. The highest BCUT2D eigenvalue weighted by atomic mass is 35.5. The van der Waals surface area contributed by atoms with Gasteiger partial charge in [-0.05, 0) is 37.3 Å². The summed E-state index contributed by atoms with van der Waals surface area (Å²) in [5, 5.41) is 10.5. The molecule has 1 aliphatic carbocycles. The van der Waals surface area contributed by atoms with Gasteiger partial charge in [-0.3, -0.25) is 4.98 Å². The molecule has 7 nitrogen and oxygen atoms in total. The minimum Gasteiger partial charge on any atom is -0.305 e. The quantitative estimate of drug-likeness (QED) is 0.551. The summed E-state index contributed by atoms with van der Waals surface area (Å²) in [5.74, 6) is 0. The van der Waals surface area contributed by atoms with E-state index < -0.39 is 27.1 Å². The van der Waals surface area contributed by atoms with Gasteiger partial charge in [-0.2, -0.15) is 23.2 Å². The zero-order valence-corrected chi connectivity index (χ0v) is 17.8. The van der Waals surface area contributed by atoms with Crippen LogP contribution < -0.4 is 4.72 Å². The largest absolute Gasteiger partial charge is 0.404 e. The Morgan fingerprint density at radius 1 is 1.25 bits per heavy atom. The Morgan fingerprint density at radius 2 is 1.97 bits per heavy atom. The van der Waals surface area contributed by atoms with Gasteiger partial charge in [0.2, 0.25) is 10.0 Å². The third-order valence-electron chi connectivity index (χ3n) is 4.84. The number of aromatic nitrogens is 3. The molecule has 3 aromatic heterocycles. The first-order valence-electron chi connectivity index (χ1n) is 9.07. The van der Waals surface area contributed by atoms with Crippen molar-refractivity contribution >= 4 is 38.2 Å². The second kappa shape index (κ2) is 7.74. The predicted molar refractivity (Wildman–Crippen MR) is 112 cm³/mol. The number of sulfonamides is 1. The molecule has 1 unspecified atom stereocenters. The summed E-state index contributed by atoms with van der Waals surface area (Å²) in [6, 6.07) is 3.86. The number of rotatable bonds is 5. The molecular weight excluding hydrogens is 467 g/mol. The highest BCUT2D eigenvalue weighted by Gasteiger charge is 2.39. The van der Waals surface area contributed by atoms with Crippen LogP contribution in [0.4, 0.5) is 13.2 Å². The van der Waals surface area contributed by atoms with Crippen LogP contribution in [0.1, 0.15) is 12.5 Å². The van der Waals surface area contributed by atoms with Crippen molar-refractivity contribution in [1.29, 1.82) is 5.26 Å². The van der Waals surface area contributed by atoms with E-state index in [0.29, 0.717) is 23.5 Å². The molecule has 1 atom stereocenters.